The topological polar surface area (TPSA) is 52.7 Å². The van der Waals surface area contributed by atoms with Crippen molar-refractivity contribution in [2.75, 3.05) is 5.75 Å². The number of aryl methyl sites for hydroxylation is 1. The molecule has 0 amide bonds. The lowest BCUT2D eigenvalue weighted by atomic mass is 10.2. The molecule has 0 aliphatic heterocycles. The van der Waals surface area contributed by atoms with Crippen LogP contribution in [0.25, 0.3) is 17.1 Å². The molecule has 0 spiro atoms. The molecule has 0 saturated heterocycles. The van der Waals surface area contributed by atoms with Gasteiger partial charge >= 0.3 is 0 Å². The van der Waals surface area contributed by atoms with Crippen LogP contribution in [0.1, 0.15) is 28.7 Å². The first-order chi connectivity index (χ1) is 15.0. The molecule has 0 fully saturated rings. The fourth-order valence-corrected chi connectivity index (χ4v) is 4.61. The van der Waals surface area contributed by atoms with Gasteiger partial charge in [0.1, 0.15) is 5.82 Å². The van der Waals surface area contributed by atoms with Crippen molar-refractivity contribution in [3.63, 3.8) is 0 Å². The monoisotopic (exact) mass is 434 g/mol. The van der Waals surface area contributed by atoms with Crippen molar-refractivity contribution in [2.24, 2.45) is 0 Å². The molecule has 0 N–H and O–H groups in total. The number of Topliss-reactive ketones (excluding diaryl/α,β-unsaturated/α-hetero) is 1. The van der Waals surface area contributed by atoms with Crippen molar-refractivity contribution in [3.8, 4) is 17.1 Å². The highest BCUT2D eigenvalue weighted by atomic mass is 32.2. The number of carbonyl (C=O) groups is 1. The Morgan fingerprint density at radius 2 is 1.74 bits per heavy atom. The number of benzene rings is 2. The SMILES string of the molecule is CCn1c(SCC(=O)c2cc(C)n(-c3ccc(F)cc3)c2C)nnc1-c1ccccc1. The second kappa shape index (κ2) is 8.89. The molecule has 2 aromatic heterocycles. The maximum atomic E-state index is 13.3. The molecule has 0 radical (unpaired) electrons. The van der Waals surface area contributed by atoms with Crippen molar-refractivity contribution < 1.29 is 9.18 Å². The van der Waals surface area contributed by atoms with E-state index in [0.717, 1.165) is 33.6 Å². The van der Waals surface area contributed by atoms with Crippen LogP contribution in [-0.2, 0) is 6.54 Å². The fourth-order valence-electron chi connectivity index (χ4n) is 3.72. The van der Waals surface area contributed by atoms with Crippen molar-refractivity contribution in [1.82, 2.24) is 19.3 Å². The summed E-state index contributed by atoms with van der Waals surface area (Å²) in [4.78, 5) is 13.0. The molecule has 2 aromatic carbocycles. The minimum Gasteiger partial charge on any atom is -0.318 e. The number of rotatable bonds is 7. The highest BCUT2D eigenvalue weighted by Crippen LogP contribution is 2.26. The Balaban J connectivity index is 1.54. The number of halogens is 1. The molecule has 0 bridgehead atoms. The Kier molecular flexibility index (Phi) is 6.04. The molecule has 0 unspecified atom stereocenters. The lowest BCUT2D eigenvalue weighted by Gasteiger charge is -2.10. The van der Waals surface area contributed by atoms with E-state index in [1.165, 1.54) is 23.9 Å². The molecule has 4 rings (SSSR count). The molecule has 0 atom stereocenters. The van der Waals surface area contributed by atoms with Gasteiger partial charge in [0.2, 0.25) is 0 Å². The third-order valence-electron chi connectivity index (χ3n) is 5.21. The molecular weight excluding hydrogens is 411 g/mol. The number of thioether (sulfide) groups is 1. The Morgan fingerprint density at radius 1 is 1.03 bits per heavy atom. The normalized spacial score (nSPS) is 11.1. The van der Waals surface area contributed by atoms with E-state index in [2.05, 4.69) is 10.2 Å². The first kappa shape index (κ1) is 21.1. The van der Waals surface area contributed by atoms with E-state index < -0.39 is 0 Å². The standard InChI is InChI=1S/C24H23FN4OS/c1-4-28-23(18-8-6-5-7-9-18)26-27-24(28)31-15-22(30)21-14-16(2)29(17(21)3)20-12-10-19(25)11-13-20/h5-14H,4,15H2,1-3H3. The van der Waals surface area contributed by atoms with E-state index in [1.54, 1.807) is 12.1 Å². The van der Waals surface area contributed by atoms with E-state index in [1.807, 2.05) is 66.3 Å². The minimum absolute atomic E-state index is 0.0263. The fraction of sp³-hybridized carbons (Fsp3) is 0.208. The number of hydrogen-bond donors (Lipinski definition) is 0. The molecule has 158 valence electrons. The average Bonchev–Trinajstić information content (AvgIpc) is 3.33. The van der Waals surface area contributed by atoms with Crippen LogP contribution in [0.4, 0.5) is 4.39 Å². The third-order valence-corrected chi connectivity index (χ3v) is 6.18. The summed E-state index contributed by atoms with van der Waals surface area (Å²) in [6, 6.07) is 18.1. The molecule has 2 heterocycles. The van der Waals surface area contributed by atoms with Gasteiger partial charge in [0.05, 0.1) is 5.75 Å². The Morgan fingerprint density at radius 3 is 2.42 bits per heavy atom. The summed E-state index contributed by atoms with van der Waals surface area (Å²) in [5, 5.41) is 9.37. The first-order valence-electron chi connectivity index (χ1n) is 10.1. The second-order valence-electron chi connectivity index (χ2n) is 7.22. The van der Waals surface area contributed by atoms with Crippen LogP contribution in [-0.4, -0.2) is 30.9 Å². The number of nitrogens with zero attached hydrogens (tertiary/aromatic N) is 4. The number of aromatic nitrogens is 4. The summed E-state index contributed by atoms with van der Waals surface area (Å²) in [5.74, 6) is 0.806. The quantitative estimate of drug-likeness (QED) is 0.285. The van der Waals surface area contributed by atoms with E-state index in [0.29, 0.717) is 12.1 Å². The van der Waals surface area contributed by atoms with Gasteiger partial charge in [-0.05, 0) is 51.1 Å². The van der Waals surface area contributed by atoms with Crippen molar-refractivity contribution >= 4 is 17.5 Å². The van der Waals surface area contributed by atoms with Crippen LogP contribution in [0, 0.1) is 19.7 Å². The van der Waals surface area contributed by atoms with E-state index in [-0.39, 0.29) is 17.4 Å². The Bertz CT molecular complexity index is 1210. The zero-order valence-corrected chi connectivity index (χ0v) is 18.5. The maximum absolute atomic E-state index is 13.3. The highest BCUT2D eigenvalue weighted by Gasteiger charge is 2.19. The van der Waals surface area contributed by atoms with Gasteiger partial charge in [0, 0.05) is 34.7 Å². The minimum atomic E-state index is -0.284. The predicted molar refractivity (Wildman–Crippen MR) is 121 cm³/mol. The summed E-state index contributed by atoms with van der Waals surface area (Å²) < 4.78 is 17.3. The van der Waals surface area contributed by atoms with Crippen LogP contribution in [0.3, 0.4) is 0 Å². The van der Waals surface area contributed by atoms with Crippen molar-refractivity contribution in [3.05, 3.63) is 83.4 Å². The van der Waals surface area contributed by atoms with Gasteiger partial charge in [0.25, 0.3) is 0 Å². The second-order valence-corrected chi connectivity index (χ2v) is 8.17. The highest BCUT2D eigenvalue weighted by molar-refractivity contribution is 7.99. The summed E-state index contributed by atoms with van der Waals surface area (Å²) in [6.07, 6.45) is 0. The van der Waals surface area contributed by atoms with Crippen LogP contribution in [0.15, 0.2) is 65.8 Å². The van der Waals surface area contributed by atoms with Crippen LogP contribution in [0.2, 0.25) is 0 Å². The van der Waals surface area contributed by atoms with Gasteiger partial charge in [-0.25, -0.2) is 4.39 Å². The molecule has 4 aromatic rings. The third kappa shape index (κ3) is 4.18. The Hall–Kier alpha value is -3.19. The molecule has 0 saturated carbocycles. The lowest BCUT2D eigenvalue weighted by Crippen LogP contribution is -2.07. The smallest absolute Gasteiger partial charge is 0.191 e. The predicted octanol–water partition coefficient (Wildman–Crippen LogP) is 5.49. The first-order valence-corrected chi connectivity index (χ1v) is 11.1. The van der Waals surface area contributed by atoms with Crippen LogP contribution in [0.5, 0.6) is 0 Å². The van der Waals surface area contributed by atoms with Crippen molar-refractivity contribution in [2.45, 2.75) is 32.5 Å². The summed E-state index contributed by atoms with van der Waals surface area (Å²) in [7, 11) is 0. The molecular formula is C24H23FN4OS. The average molecular weight is 435 g/mol. The van der Waals surface area contributed by atoms with Crippen LogP contribution >= 0.6 is 11.8 Å². The van der Waals surface area contributed by atoms with Gasteiger partial charge < -0.3 is 9.13 Å². The molecule has 31 heavy (non-hydrogen) atoms. The molecule has 7 heteroatoms. The molecule has 5 nitrogen and oxygen atoms in total. The summed E-state index contributed by atoms with van der Waals surface area (Å²) >= 11 is 1.39. The number of ketones is 1. The number of carbonyl (C=O) groups excluding carboxylic acids is 1. The zero-order valence-electron chi connectivity index (χ0n) is 17.7. The van der Waals surface area contributed by atoms with Crippen molar-refractivity contribution in [1.29, 1.82) is 0 Å². The van der Waals surface area contributed by atoms with E-state index in [9.17, 15) is 9.18 Å². The van der Waals surface area contributed by atoms with Gasteiger partial charge in [-0.15, -0.1) is 10.2 Å². The van der Waals surface area contributed by atoms with Gasteiger partial charge in [0.15, 0.2) is 16.8 Å². The van der Waals surface area contributed by atoms with E-state index in [4.69, 9.17) is 0 Å². The van der Waals surface area contributed by atoms with Gasteiger partial charge in [-0.3, -0.25) is 4.79 Å². The Labute approximate surface area is 184 Å². The molecule has 0 aliphatic rings. The summed E-state index contributed by atoms with van der Waals surface area (Å²) in [6.45, 7) is 6.61. The van der Waals surface area contributed by atoms with Gasteiger partial charge in [-0.1, -0.05) is 42.1 Å². The maximum Gasteiger partial charge on any atom is 0.191 e. The lowest BCUT2D eigenvalue weighted by molar-refractivity contribution is 0.102. The summed E-state index contributed by atoms with van der Waals surface area (Å²) in [5.41, 5.74) is 4.27. The largest absolute Gasteiger partial charge is 0.318 e. The zero-order chi connectivity index (χ0) is 22.0. The van der Waals surface area contributed by atoms with Gasteiger partial charge in [-0.2, -0.15) is 0 Å². The van der Waals surface area contributed by atoms with Crippen LogP contribution < -0.4 is 0 Å². The number of hydrogen-bond acceptors (Lipinski definition) is 4. The van der Waals surface area contributed by atoms with E-state index >= 15 is 0 Å². The molecule has 0 aliphatic carbocycles.